The lowest BCUT2D eigenvalue weighted by Gasteiger charge is -2.09. The summed E-state index contributed by atoms with van der Waals surface area (Å²) in [5.41, 5.74) is 0. The van der Waals surface area contributed by atoms with Gasteiger partial charge in [-0.3, -0.25) is 4.79 Å². The predicted octanol–water partition coefficient (Wildman–Crippen LogP) is 0.460. The Bertz CT molecular complexity index is 183. The lowest BCUT2D eigenvalue weighted by molar-refractivity contribution is -0.146. The van der Waals surface area contributed by atoms with Crippen molar-refractivity contribution in [2.24, 2.45) is 5.92 Å². The second kappa shape index (κ2) is 5.56. The van der Waals surface area contributed by atoms with Crippen LogP contribution in [0.2, 0.25) is 0 Å². The molecule has 2 unspecified atom stereocenters. The molecule has 0 aliphatic heterocycles. The summed E-state index contributed by atoms with van der Waals surface area (Å²) in [4.78, 5) is 11.0. The summed E-state index contributed by atoms with van der Waals surface area (Å²) in [6.07, 6.45) is -0.519. The summed E-state index contributed by atoms with van der Waals surface area (Å²) in [5, 5.41) is 17.4. The average Bonchev–Trinajstić information content (AvgIpc) is 2.00. The lowest BCUT2D eigenvalue weighted by Crippen LogP contribution is -2.20. The first-order valence-corrected chi connectivity index (χ1v) is 3.86. The molecule has 2 atom stereocenters. The SMILES string of the molecule is CCOC(=O)C(C#N)CC(C)O. The number of hydrogen-bond donors (Lipinski definition) is 1. The quantitative estimate of drug-likeness (QED) is 0.624. The number of aliphatic hydroxyl groups is 1. The molecule has 1 N–H and O–H groups in total. The van der Waals surface area contributed by atoms with E-state index >= 15 is 0 Å². The molecule has 4 nitrogen and oxygen atoms in total. The van der Waals surface area contributed by atoms with Crippen molar-refractivity contribution in [2.75, 3.05) is 6.61 Å². The third kappa shape index (κ3) is 3.94. The number of carbonyl (C=O) groups excluding carboxylic acids is 1. The van der Waals surface area contributed by atoms with E-state index in [-0.39, 0.29) is 13.0 Å². The highest BCUT2D eigenvalue weighted by Crippen LogP contribution is 2.07. The van der Waals surface area contributed by atoms with Crippen molar-refractivity contribution in [2.45, 2.75) is 26.4 Å². The van der Waals surface area contributed by atoms with Crippen molar-refractivity contribution < 1.29 is 14.6 Å². The minimum atomic E-state index is -0.843. The van der Waals surface area contributed by atoms with Crippen LogP contribution in [0.15, 0.2) is 0 Å². The van der Waals surface area contributed by atoms with Gasteiger partial charge in [-0.05, 0) is 20.3 Å². The van der Waals surface area contributed by atoms with Crippen LogP contribution in [0.4, 0.5) is 0 Å². The average molecular weight is 171 g/mol. The first-order valence-electron chi connectivity index (χ1n) is 3.86. The highest BCUT2D eigenvalue weighted by molar-refractivity contribution is 5.75. The summed E-state index contributed by atoms with van der Waals surface area (Å²) >= 11 is 0. The summed E-state index contributed by atoms with van der Waals surface area (Å²) < 4.78 is 4.62. The van der Waals surface area contributed by atoms with E-state index in [4.69, 9.17) is 10.4 Å². The molecule has 12 heavy (non-hydrogen) atoms. The zero-order valence-electron chi connectivity index (χ0n) is 7.28. The molecule has 0 aromatic rings. The summed E-state index contributed by atoms with van der Waals surface area (Å²) in [5.74, 6) is -1.40. The van der Waals surface area contributed by atoms with Gasteiger partial charge in [0.1, 0.15) is 5.92 Å². The first-order chi connectivity index (χ1) is 5.61. The van der Waals surface area contributed by atoms with Crippen LogP contribution in [0.1, 0.15) is 20.3 Å². The normalized spacial score (nSPS) is 14.5. The second-order valence-corrected chi connectivity index (χ2v) is 2.52. The first kappa shape index (κ1) is 10.9. The Morgan fingerprint density at radius 2 is 2.33 bits per heavy atom. The van der Waals surface area contributed by atoms with E-state index in [0.717, 1.165) is 0 Å². The van der Waals surface area contributed by atoms with Crippen molar-refractivity contribution >= 4 is 5.97 Å². The van der Waals surface area contributed by atoms with E-state index in [1.165, 1.54) is 6.92 Å². The van der Waals surface area contributed by atoms with E-state index in [0.29, 0.717) is 0 Å². The summed E-state index contributed by atoms with van der Waals surface area (Å²) in [6, 6.07) is 1.78. The van der Waals surface area contributed by atoms with Gasteiger partial charge in [-0.15, -0.1) is 0 Å². The predicted molar refractivity (Wildman–Crippen MR) is 42.0 cm³/mol. The van der Waals surface area contributed by atoms with E-state index in [1.807, 2.05) is 0 Å². The van der Waals surface area contributed by atoms with Crippen molar-refractivity contribution in [3.8, 4) is 6.07 Å². The smallest absolute Gasteiger partial charge is 0.323 e. The van der Waals surface area contributed by atoms with Crippen LogP contribution in [-0.4, -0.2) is 23.8 Å². The van der Waals surface area contributed by atoms with Crippen LogP contribution in [0, 0.1) is 17.2 Å². The van der Waals surface area contributed by atoms with Gasteiger partial charge in [0.05, 0.1) is 18.8 Å². The molecule has 0 rings (SSSR count). The molecule has 0 radical (unpaired) electrons. The number of nitriles is 1. The molecule has 0 spiro atoms. The van der Waals surface area contributed by atoms with Crippen LogP contribution >= 0.6 is 0 Å². The van der Waals surface area contributed by atoms with Crippen molar-refractivity contribution in [3.63, 3.8) is 0 Å². The van der Waals surface area contributed by atoms with Gasteiger partial charge in [0.2, 0.25) is 0 Å². The van der Waals surface area contributed by atoms with Crippen molar-refractivity contribution in [3.05, 3.63) is 0 Å². The maximum absolute atomic E-state index is 11.0. The Kier molecular flexibility index (Phi) is 5.06. The van der Waals surface area contributed by atoms with Crippen LogP contribution in [0.25, 0.3) is 0 Å². The van der Waals surface area contributed by atoms with Crippen LogP contribution in [-0.2, 0) is 9.53 Å². The van der Waals surface area contributed by atoms with Gasteiger partial charge in [-0.2, -0.15) is 5.26 Å². The maximum Gasteiger partial charge on any atom is 0.323 e. The molecule has 0 amide bonds. The highest BCUT2D eigenvalue weighted by atomic mass is 16.5. The van der Waals surface area contributed by atoms with Gasteiger partial charge in [-0.1, -0.05) is 0 Å². The molecule has 0 aliphatic rings. The van der Waals surface area contributed by atoms with Gasteiger partial charge < -0.3 is 9.84 Å². The number of carbonyl (C=O) groups is 1. The van der Waals surface area contributed by atoms with E-state index < -0.39 is 18.0 Å². The van der Waals surface area contributed by atoms with Crippen molar-refractivity contribution in [1.82, 2.24) is 0 Å². The number of esters is 1. The number of nitrogens with zero attached hydrogens (tertiary/aromatic N) is 1. The minimum Gasteiger partial charge on any atom is -0.465 e. The van der Waals surface area contributed by atoms with E-state index in [9.17, 15) is 4.79 Å². The Morgan fingerprint density at radius 1 is 1.75 bits per heavy atom. The van der Waals surface area contributed by atoms with Gasteiger partial charge in [-0.25, -0.2) is 0 Å². The molecule has 0 fully saturated rings. The molecular formula is C8H13NO3. The Hall–Kier alpha value is -1.08. The Labute approximate surface area is 71.8 Å². The molecule has 0 saturated heterocycles. The van der Waals surface area contributed by atoms with E-state index in [1.54, 1.807) is 13.0 Å². The van der Waals surface area contributed by atoms with Crippen LogP contribution in [0.5, 0.6) is 0 Å². The van der Waals surface area contributed by atoms with Crippen LogP contribution in [0.3, 0.4) is 0 Å². The van der Waals surface area contributed by atoms with E-state index in [2.05, 4.69) is 4.74 Å². The fraction of sp³-hybridized carbons (Fsp3) is 0.750. The van der Waals surface area contributed by atoms with Gasteiger partial charge in [0.25, 0.3) is 0 Å². The zero-order valence-corrected chi connectivity index (χ0v) is 7.28. The molecule has 0 aliphatic carbocycles. The topological polar surface area (TPSA) is 70.3 Å². The minimum absolute atomic E-state index is 0.134. The Balaban J connectivity index is 3.99. The monoisotopic (exact) mass is 171 g/mol. The molecule has 0 saturated carbocycles. The van der Waals surface area contributed by atoms with Gasteiger partial charge >= 0.3 is 5.97 Å². The summed E-state index contributed by atoms with van der Waals surface area (Å²) in [6.45, 7) is 3.47. The van der Waals surface area contributed by atoms with Crippen LogP contribution < -0.4 is 0 Å². The fourth-order valence-corrected chi connectivity index (χ4v) is 0.786. The molecule has 4 heteroatoms. The number of aliphatic hydroxyl groups excluding tert-OH is 1. The zero-order chi connectivity index (χ0) is 9.56. The number of hydrogen-bond acceptors (Lipinski definition) is 4. The number of ether oxygens (including phenoxy) is 1. The second-order valence-electron chi connectivity index (χ2n) is 2.52. The molecule has 0 bridgehead atoms. The molecule has 0 aromatic heterocycles. The highest BCUT2D eigenvalue weighted by Gasteiger charge is 2.20. The third-order valence-corrected chi connectivity index (χ3v) is 1.30. The number of rotatable bonds is 4. The molecular weight excluding hydrogens is 158 g/mol. The Morgan fingerprint density at radius 3 is 2.67 bits per heavy atom. The third-order valence-electron chi connectivity index (χ3n) is 1.30. The lowest BCUT2D eigenvalue weighted by atomic mass is 10.0. The van der Waals surface area contributed by atoms with Gasteiger partial charge in [0, 0.05) is 0 Å². The van der Waals surface area contributed by atoms with Gasteiger partial charge in [0.15, 0.2) is 0 Å². The maximum atomic E-state index is 11.0. The molecule has 68 valence electrons. The largest absolute Gasteiger partial charge is 0.465 e. The molecule has 0 heterocycles. The van der Waals surface area contributed by atoms with Crippen molar-refractivity contribution in [1.29, 1.82) is 5.26 Å². The fourth-order valence-electron chi connectivity index (χ4n) is 0.786. The summed E-state index contributed by atoms with van der Waals surface area (Å²) in [7, 11) is 0. The standard InChI is InChI=1S/C8H13NO3/c1-3-12-8(11)7(5-9)4-6(2)10/h6-7,10H,3-4H2,1-2H3. The molecule has 0 aromatic carbocycles.